The standard InChI is InChI=1S/C7H13IO/c1-3-7(9-2)5-4-6-8/h3,7H,1,4-6H2,2H3. The smallest absolute Gasteiger partial charge is 0.0749 e. The molecule has 0 bridgehead atoms. The first-order valence-corrected chi connectivity index (χ1v) is 4.59. The maximum Gasteiger partial charge on any atom is 0.0749 e. The van der Waals surface area contributed by atoms with Crippen LogP contribution in [-0.2, 0) is 4.74 Å². The van der Waals surface area contributed by atoms with E-state index in [9.17, 15) is 0 Å². The molecule has 2 heteroatoms. The summed E-state index contributed by atoms with van der Waals surface area (Å²) in [5.74, 6) is 0. The molecular formula is C7H13IO. The van der Waals surface area contributed by atoms with Gasteiger partial charge in [0.1, 0.15) is 0 Å². The maximum absolute atomic E-state index is 5.08. The van der Waals surface area contributed by atoms with E-state index in [0.29, 0.717) is 0 Å². The number of halogens is 1. The summed E-state index contributed by atoms with van der Waals surface area (Å²) in [7, 11) is 1.72. The van der Waals surface area contributed by atoms with Crippen molar-refractivity contribution in [3.63, 3.8) is 0 Å². The predicted octanol–water partition coefficient (Wildman–Crippen LogP) is 2.40. The summed E-state index contributed by atoms with van der Waals surface area (Å²) in [6.45, 7) is 3.66. The van der Waals surface area contributed by atoms with Crippen molar-refractivity contribution in [2.45, 2.75) is 18.9 Å². The van der Waals surface area contributed by atoms with Gasteiger partial charge in [-0.05, 0) is 17.3 Å². The Hall–Kier alpha value is 0.430. The molecule has 0 radical (unpaired) electrons. The van der Waals surface area contributed by atoms with Crippen molar-refractivity contribution in [3.8, 4) is 0 Å². The Balaban J connectivity index is 3.20. The van der Waals surface area contributed by atoms with Crippen molar-refractivity contribution >= 4 is 22.6 Å². The molecule has 0 aliphatic rings. The molecular weight excluding hydrogens is 227 g/mol. The van der Waals surface area contributed by atoms with Gasteiger partial charge in [0.2, 0.25) is 0 Å². The molecule has 0 aliphatic heterocycles. The van der Waals surface area contributed by atoms with Crippen molar-refractivity contribution in [1.29, 1.82) is 0 Å². The Bertz CT molecular complexity index is 73.3. The number of hydrogen-bond donors (Lipinski definition) is 0. The third-order valence-corrected chi connectivity index (χ3v) is 1.95. The average Bonchev–Trinajstić information content (AvgIpc) is 1.91. The number of hydrogen-bond acceptors (Lipinski definition) is 1. The second-order valence-corrected chi connectivity index (χ2v) is 2.92. The predicted molar refractivity (Wildman–Crippen MR) is 49.1 cm³/mol. The SMILES string of the molecule is C=CC(CCCI)OC. The molecule has 0 aliphatic carbocycles. The molecule has 0 spiro atoms. The highest BCUT2D eigenvalue weighted by Crippen LogP contribution is 2.03. The first-order chi connectivity index (χ1) is 4.35. The number of alkyl halides is 1. The van der Waals surface area contributed by atoms with Gasteiger partial charge in [-0.15, -0.1) is 6.58 Å². The van der Waals surface area contributed by atoms with Crippen LogP contribution in [0.4, 0.5) is 0 Å². The van der Waals surface area contributed by atoms with Crippen LogP contribution in [-0.4, -0.2) is 17.6 Å². The first kappa shape index (κ1) is 9.43. The quantitative estimate of drug-likeness (QED) is 0.407. The van der Waals surface area contributed by atoms with Gasteiger partial charge in [0.05, 0.1) is 6.10 Å². The zero-order chi connectivity index (χ0) is 7.11. The molecule has 0 N–H and O–H groups in total. The van der Waals surface area contributed by atoms with E-state index in [4.69, 9.17) is 4.74 Å². The van der Waals surface area contributed by atoms with Crippen LogP contribution in [0.2, 0.25) is 0 Å². The molecule has 54 valence electrons. The Kier molecular flexibility index (Phi) is 6.86. The highest BCUT2D eigenvalue weighted by atomic mass is 127. The largest absolute Gasteiger partial charge is 0.377 e. The summed E-state index contributed by atoms with van der Waals surface area (Å²) in [5.41, 5.74) is 0. The highest BCUT2D eigenvalue weighted by Gasteiger charge is 1.98. The lowest BCUT2D eigenvalue weighted by Crippen LogP contribution is -2.05. The third-order valence-electron chi connectivity index (χ3n) is 1.19. The summed E-state index contributed by atoms with van der Waals surface area (Å²) >= 11 is 2.36. The maximum atomic E-state index is 5.08. The van der Waals surface area contributed by atoms with E-state index in [-0.39, 0.29) is 6.10 Å². The summed E-state index contributed by atoms with van der Waals surface area (Å²) in [5, 5.41) is 0. The van der Waals surface area contributed by atoms with Crippen LogP contribution in [0.3, 0.4) is 0 Å². The lowest BCUT2D eigenvalue weighted by Gasteiger charge is -2.07. The molecule has 0 saturated carbocycles. The van der Waals surface area contributed by atoms with Gasteiger partial charge in [0, 0.05) is 7.11 Å². The molecule has 0 amide bonds. The van der Waals surface area contributed by atoms with Crippen LogP contribution in [0.25, 0.3) is 0 Å². The fraction of sp³-hybridized carbons (Fsp3) is 0.714. The fourth-order valence-corrected chi connectivity index (χ4v) is 1.05. The Morgan fingerprint density at radius 3 is 2.78 bits per heavy atom. The van der Waals surface area contributed by atoms with Gasteiger partial charge < -0.3 is 4.74 Å². The molecule has 0 heterocycles. The van der Waals surface area contributed by atoms with E-state index < -0.39 is 0 Å². The minimum Gasteiger partial charge on any atom is -0.377 e. The van der Waals surface area contributed by atoms with E-state index >= 15 is 0 Å². The minimum absolute atomic E-state index is 0.264. The summed E-state index contributed by atoms with van der Waals surface area (Å²) < 4.78 is 6.28. The highest BCUT2D eigenvalue weighted by molar-refractivity contribution is 14.1. The second kappa shape index (κ2) is 6.55. The van der Waals surface area contributed by atoms with E-state index in [1.807, 2.05) is 6.08 Å². The molecule has 0 saturated heterocycles. The normalized spacial score (nSPS) is 13.1. The van der Waals surface area contributed by atoms with Crippen molar-refractivity contribution in [1.82, 2.24) is 0 Å². The molecule has 1 atom stereocenters. The van der Waals surface area contributed by atoms with E-state index in [1.165, 1.54) is 10.8 Å². The number of ether oxygens (including phenoxy) is 1. The summed E-state index contributed by atoms with van der Waals surface area (Å²) in [6, 6.07) is 0. The van der Waals surface area contributed by atoms with Gasteiger partial charge in [0.25, 0.3) is 0 Å². The van der Waals surface area contributed by atoms with E-state index in [1.54, 1.807) is 7.11 Å². The zero-order valence-corrected chi connectivity index (χ0v) is 7.93. The van der Waals surface area contributed by atoms with Crippen molar-refractivity contribution in [2.24, 2.45) is 0 Å². The fourth-order valence-electron chi connectivity index (χ4n) is 0.610. The molecule has 0 aromatic rings. The van der Waals surface area contributed by atoms with Gasteiger partial charge in [-0.2, -0.15) is 0 Å². The van der Waals surface area contributed by atoms with Gasteiger partial charge in [-0.25, -0.2) is 0 Å². The zero-order valence-electron chi connectivity index (χ0n) is 5.77. The topological polar surface area (TPSA) is 9.23 Å². The van der Waals surface area contributed by atoms with E-state index in [2.05, 4.69) is 29.2 Å². The third kappa shape index (κ3) is 4.90. The second-order valence-electron chi connectivity index (χ2n) is 1.84. The number of rotatable bonds is 5. The van der Waals surface area contributed by atoms with Crippen LogP contribution in [0.1, 0.15) is 12.8 Å². The molecule has 0 aromatic carbocycles. The van der Waals surface area contributed by atoms with Crippen molar-refractivity contribution < 1.29 is 4.74 Å². The van der Waals surface area contributed by atoms with E-state index in [0.717, 1.165) is 6.42 Å². The summed E-state index contributed by atoms with van der Waals surface area (Å²) in [4.78, 5) is 0. The Labute approximate surface area is 70.6 Å². The van der Waals surface area contributed by atoms with Crippen molar-refractivity contribution in [2.75, 3.05) is 11.5 Å². The molecule has 9 heavy (non-hydrogen) atoms. The molecule has 1 nitrogen and oxygen atoms in total. The lowest BCUT2D eigenvalue weighted by molar-refractivity contribution is 0.133. The molecule has 1 unspecified atom stereocenters. The Morgan fingerprint density at radius 2 is 2.44 bits per heavy atom. The van der Waals surface area contributed by atoms with Crippen LogP contribution in [0.5, 0.6) is 0 Å². The molecule has 0 aromatic heterocycles. The van der Waals surface area contributed by atoms with Gasteiger partial charge in [-0.3, -0.25) is 0 Å². The summed E-state index contributed by atoms with van der Waals surface area (Å²) in [6.07, 6.45) is 4.43. The van der Waals surface area contributed by atoms with Gasteiger partial charge >= 0.3 is 0 Å². The monoisotopic (exact) mass is 240 g/mol. The molecule has 0 fully saturated rings. The minimum atomic E-state index is 0.264. The lowest BCUT2D eigenvalue weighted by atomic mass is 10.2. The van der Waals surface area contributed by atoms with Crippen LogP contribution in [0, 0.1) is 0 Å². The average molecular weight is 240 g/mol. The van der Waals surface area contributed by atoms with Gasteiger partial charge in [0.15, 0.2) is 0 Å². The van der Waals surface area contributed by atoms with Gasteiger partial charge in [-0.1, -0.05) is 28.7 Å². The van der Waals surface area contributed by atoms with Crippen LogP contribution >= 0.6 is 22.6 Å². The van der Waals surface area contributed by atoms with Crippen LogP contribution < -0.4 is 0 Å². The molecule has 0 rings (SSSR count). The van der Waals surface area contributed by atoms with Crippen LogP contribution in [0.15, 0.2) is 12.7 Å². The van der Waals surface area contributed by atoms with Crippen molar-refractivity contribution in [3.05, 3.63) is 12.7 Å². The number of methoxy groups -OCH3 is 1. The Morgan fingerprint density at radius 1 is 1.78 bits per heavy atom. The first-order valence-electron chi connectivity index (χ1n) is 3.06.